The molecular formula is C20H21ClN4O3S2. The summed E-state index contributed by atoms with van der Waals surface area (Å²) < 4.78 is 26.5. The van der Waals surface area contributed by atoms with Crippen molar-refractivity contribution in [1.82, 2.24) is 14.3 Å². The number of rotatable bonds is 5. The molecule has 3 heterocycles. The number of carbonyl (C=O) groups is 1. The lowest BCUT2D eigenvalue weighted by molar-refractivity contribution is -0.121. The summed E-state index contributed by atoms with van der Waals surface area (Å²) in [6.45, 7) is 2.48. The molecular weight excluding hydrogens is 444 g/mol. The third kappa shape index (κ3) is 4.07. The van der Waals surface area contributed by atoms with Crippen molar-refractivity contribution < 1.29 is 13.2 Å². The summed E-state index contributed by atoms with van der Waals surface area (Å²) in [5.41, 5.74) is 2.39. The Bertz CT molecular complexity index is 1160. The maximum Gasteiger partial charge on any atom is 0.247 e. The summed E-state index contributed by atoms with van der Waals surface area (Å²) in [6, 6.07) is 8.44. The number of aryl methyl sites for hydroxylation is 1. The van der Waals surface area contributed by atoms with Gasteiger partial charge in [0.05, 0.1) is 33.7 Å². The molecule has 1 aliphatic rings. The summed E-state index contributed by atoms with van der Waals surface area (Å²) in [7, 11) is -3.49. The van der Waals surface area contributed by atoms with Crippen molar-refractivity contribution >= 4 is 54.2 Å². The molecule has 0 aliphatic carbocycles. The Labute approximate surface area is 184 Å². The largest absolute Gasteiger partial charge is 0.281 e. The number of hydrogen-bond acceptors (Lipinski definition) is 6. The van der Waals surface area contributed by atoms with Crippen LogP contribution in [-0.4, -0.2) is 47.4 Å². The van der Waals surface area contributed by atoms with E-state index in [0.717, 1.165) is 22.0 Å². The minimum absolute atomic E-state index is 0.199. The molecule has 0 N–H and O–H groups in total. The average Bonchev–Trinajstić information content (AvgIpc) is 3.37. The minimum Gasteiger partial charge on any atom is -0.281 e. The Balaban J connectivity index is 1.78. The van der Waals surface area contributed by atoms with Gasteiger partial charge in [0.15, 0.2) is 5.13 Å². The van der Waals surface area contributed by atoms with E-state index >= 15 is 0 Å². The third-order valence-corrected chi connectivity index (χ3v) is 7.97. The van der Waals surface area contributed by atoms with Gasteiger partial charge in [0.1, 0.15) is 6.04 Å². The molecule has 1 fully saturated rings. The zero-order valence-corrected chi connectivity index (χ0v) is 19.0. The number of pyridine rings is 1. The zero-order valence-electron chi connectivity index (χ0n) is 16.6. The molecule has 1 saturated heterocycles. The second-order valence-electron chi connectivity index (χ2n) is 7.32. The number of halogens is 1. The van der Waals surface area contributed by atoms with E-state index in [4.69, 9.17) is 16.6 Å². The number of aromatic nitrogens is 2. The van der Waals surface area contributed by atoms with Gasteiger partial charge in [0, 0.05) is 12.7 Å². The highest BCUT2D eigenvalue weighted by Crippen LogP contribution is 2.37. The van der Waals surface area contributed by atoms with Crippen LogP contribution in [0.3, 0.4) is 0 Å². The first kappa shape index (κ1) is 21.2. The summed E-state index contributed by atoms with van der Waals surface area (Å²) in [5, 5.41) is 1.06. The predicted octanol–water partition coefficient (Wildman–Crippen LogP) is 3.61. The third-order valence-electron chi connectivity index (χ3n) is 5.14. The Morgan fingerprint density at radius 1 is 1.33 bits per heavy atom. The first-order valence-corrected chi connectivity index (χ1v) is 12.5. The molecule has 0 radical (unpaired) electrons. The second-order valence-corrected chi connectivity index (χ2v) is 10.6. The standard InChI is InChI=1S/C20H21ClN4O3S2/c1-13-8-9-15(21)18-17(13)23-20(29-18)24(12-14-6-3-4-10-22-14)19(26)16-7-5-11-25(16)30(2,27)28/h3-4,6,8-10,16H,5,7,11-12H2,1-2H3. The van der Waals surface area contributed by atoms with Gasteiger partial charge in [-0.25, -0.2) is 13.4 Å². The molecule has 1 aromatic carbocycles. The molecule has 0 saturated carbocycles. The summed E-state index contributed by atoms with van der Waals surface area (Å²) in [4.78, 5) is 24.1. The van der Waals surface area contributed by atoms with Crippen LogP contribution in [0.15, 0.2) is 36.5 Å². The lowest BCUT2D eigenvalue weighted by atomic mass is 10.2. The fourth-order valence-corrected chi connectivity index (χ4v) is 6.10. The highest BCUT2D eigenvalue weighted by Gasteiger charge is 2.39. The number of sulfonamides is 1. The smallest absolute Gasteiger partial charge is 0.247 e. The van der Waals surface area contributed by atoms with Crippen molar-refractivity contribution in [2.75, 3.05) is 17.7 Å². The van der Waals surface area contributed by atoms with Crippen molar-refractivity contribution in [3.63, 3.8) is 0 Å². The molecule has 30 heavy (non-hydrogen) atoms. The van der Waals surface area contributed by atoms with E-state index in [2.05, 4.69) is 4.98 Å². The van der Waals surface area contributed by atoms with E-state index in [-0.39, 0.29) is 12.5 Å². The average molecular weight is 465 g/mol. The van der Waals surface area contributed by atoms with E-state index in [0.29, 0.717) is 35.2 Å². The lowest BCUT2D eigenvalue weighted by Gasteiger charge is -2.27. The van der Waals surface area contributed by atoms with Crippen LogP contribution in [-0.2, 0) is 21.4 Å². The molecule has 10 heteroatoms. The van der Waals surface area contributed by atoms with Crippen LogP contribution >= 0.6 is 22.9 Å². The Hall–Kier alpha value is -2.07. The summed E-state index contributed by atoms with van der Waals surface area (Å²) >= 11 is 7.69. The van der Waals surface area contributed by atoms with Gasteiger partial charge in [0.2, 0.25) is 15.9 Å². The SMILES string of the molecule is Cc1ccc(Cl)c2sc(N(Cc3ccccn3)C(=O)C3CCCN3S(C)(=O)=O)nc12. The quantitative estimate of drug-likeness (QED) is 0.576. The molecule has 4 rings (SSSR count). The number of hydrogen-bond donors (Lipinski definition) is 0. The number of amides is 1. The Morgan fingerprint density at radius 2 is 2.13 bits per heavy atom. The van der Waals surface area contributed by atoms with E-state index in [1.807, 2.05) is 31.2 Å². The van der Waals surface area contributed by atoms with Crippen LogP contribution in [0.4, 0.5) is 5.13 Å². The summed E-state index contributed by atoms with van der Waals surface area (Å²) in [6.07, 6.45) is 3.93. The molecule has 1 atom stereocenters. The molecule has 1 aliphatic heterocycles. The molecule has 7 nitrogen and oxygen atoms in total. The van der Waals surface area contributed by atoms with Gasteiger partial charge in [-0.2, -0.15) is 4.31 Å². The Morgan fingerprint density at radius 3 is 2.80 bits per heavy atom. The first-order valence-electron chi connectivity index (χ1n) is 9.49. The second kappa shape index (κ2) is 8.22. The van der Waals surface area contributed by atoms with E-state index in [1.54, 1.807) is 12.3 Å². The number of thiazole rings is 1. The molecule has 0 spiro atoms. The van der Waals surface area contributed by atoms with Gasteiger partial charge in [-0.1, -0.05) is 35.1 Å². The predicted molar refractivity (Wildman–Crippen MR) is 119 cm³/mol. The Kier molecular flexibility index (Phi) is 5.80. The van der Waals surface area contributed by atoms with Crippen molar-refractivity contribution in [3.8, 4) is 0 Å². The fourth-order valence-electron chi connectivity index (χ4n) is 3.66. The number of benzene rings is 1. The van der Waals surface area contributed by atoms with Crippen molar-refractivity contribution in [2.45, 2.75) is 32.4 Å². The van der Waals surface area contributed by atoms with Crippen LogP contribution in [0.1, 0.15) is 24.1 Å². The number of nitrogens with zero attached hydrogens (tertiary/aromatic N) is 4. The highest BCUT2D eigenvalue weighted by atomic mass is 35.5. The van der Waals surface area contributed by atoms with Gasteiger partial charge in [-0.15, -0.1) is 0 Å². The highest BCUT2D eigenvalue weighted by molar-refractivity contribution is 7.88. The van der Waals surface area contributed by atoms with Gasteiger partial charge in [-0.3, -0.25) is 14.7 Å². The summed E-state index contributed by atoms with van der Waals surface area (Å²) in [5.74, 6) is -0.295. The van der Waals surface area contributed by atoms with E-state index in [9.17, 15) is 13.2 Å². The molecule has 158 valence electrons. The van der Waals surface area contributed by atoms with Gasteiger partial charge in [-0.05, 0) is 43.5 Å². The minimum atomic E-state index is -3.49. The van der Waals surface area contributed by atoms with E-state index in [1.165, 1.54) is 20.5 Å². The number of carbonyl (C=O) groups excluding carboxylic acids is 1. The maximum absolute atomic E-state index is 13.6. The normalized spacial score (nSPS) is 17.5. The number of fused-ring (bicyclic) bond motifs is 1. The van der Waals surface area contributed by atoms with Crippen molar-refractivity contribution in [1.29, 1.82) is 0 Å². The van der Waals surface area contributed by atoms with E-state index < -0.39 is 16.1 Å². The lowest BCUT2D eigenvalue weighted by Crippen LogP contribution is -2.47. The van der Waals surface area contributed by atoms with Crippen LogP contribution in [0, 0.1) is 6.92 Å². The molecule has 1 unspecified atom stereocenters. The molecule has 3 aromatic rings. The molecule has 1 amide bonds. The molecule has 0 bridgehead atoms. The van der Waals surface area contributed by atoms with Gasteiger partial charge in [0.25, 0.3) is 0 Å². The monoisotopic (exact) mass is 464 g/mol. The van der Waals surface area contributed by atoms with Crippen molar-refractivity contribution in [3.05, 3.63) is 52.8 Å². The zero-order chi connectivity index (χ0) is 21.5. The van der Waals surface area contributed by atoms with Crippen LogP contribution in [0.2, 0.25) is 5.02 Å². The topological polar surface area (TPSA) is 83.5 Å². The van der Waals surface area contributed by atoms with Gasteiger partial charge < -0.3 is 0 Å². The first-order chi connectivity index (χ1) is 14.3. The van der Waals surface area contributed by atoms with Crippen LogP contribution in [0.25, 0.3) is 10.2 Å². The molecule has 2 aromatic heterocycles. The number of anilines is 1. The van der Waals surface area contributed by atoms with Crippen LogP contribution in [0.5, 0.6) is 0 Å². The maximum atomic E-state index is 13.6. The van der Waals surface area contributed by atoms with Crippen molar-refractivity contribution in [2.24, 2.45) is 0 Å². The fraction of sp³-hybridized carbons (Fsp3) is 0.350. The van der Waals surface area contributed by atoms with Gasteiger partial charge >= 0.3 is 0 Å². The van der Waals surface area contributed by atoms with Crippen LogP contribution < -0.4 is 4.90 Å².